The maximum atomic E-state index is 8.74. The van der Waals surface area contributed by atoms with Crippen LogP contribution < -0.4 is 5.73 Å². The van der Waals surface area contributed by atoms with Crippen molar-refractivity contribution >= 4 is 10.4 Å². The fourth-order valence-electron chi connectivity index (χ4n) is 2.87. The Kier molecular flexibility index (Phi) is 23.7. The van der Waals surface area contributed by atoms with Crippen molar-refractivity contribution in [3.8, 4) is 0 Å². The van der Waals surface area contributed by atoms with Crippen molar-refractivity contribution in [1.29, 1.82) is 0 Å². The van der Waals surface area contributed by atoms with Gasteiger partial charge in [-0.25, -0.2) is 0 Å². The number of rotatable bonds is 17. The van der Waals surface area contributed by atoms with Gasteiger partial charge in [-0.2, -0.15) is 8.42 Å². The minimum atomic E-state index is -4.67. The molecule has 0 aromatic carbocycles. The van der Waals surface area contributed by atoms with Gasteiger partial charge in [-0.05, 0) is 13.0 Å². The van der Waals surface area contributed by atoms with Crippen molar-refractivity contribution in [1.82, 2.24) is 0 Å². The van der Waals surface area contributed by atoms with Crippen molar-refractivity contribution in [3.05, 3.63) is 0 Å². The van der Waals surface area contributed by atoms with Crippen LogP contribution in [0.4, 0.5) is 0 Å². The molecule has 0 heterocycles. The number of hydrogen-bond donors (Lipinski definition) is 3. The van der Waals surface area contributed by atoms with Crippen molar-refractivity contribution in [2.45, 2.75) is 116 Å². The Morgan fingerprint density at radius 3 is 0.960 bits per heavy atom. The van der Waals surface area contributed by atoms with E-state index in [-0.39, 0.29) is 0 Å². The first-order chi connectivity index (χ1) is 11.9. The molecule has 0 fully saturated rings. The molecular formula is C19H43NO4S. The van der Waals surface area contributed by atoms with Gasteiger partial charge >= 0.3 is 10.4 Å². The molecule has 0 rings (SSSR count). The second kappa shape index (κ2) is 21.9. The van der Waals surface area contributed by atoms with Crippen LogP contribution in [0.3, 0.4) is 0 Å². The maximum absolute atomic E-state index is 8.74. The molecule has 154 valence electrons. The molecule has 6 heteroatoms. The van der Waals surface area contributed by atoms with Gasteiger partial charge in [-0.1, -0.05) is 110 Å². The van der Waals surface area contributed by atoms with Gasteiger partial charge in [0.25, 0.3) is 0 Å². The Hall–Kier alpha value is -0.170. The molecule has 5 nitrogen and oxygen atoms in total. The molecular weight excluding hydrogens is 338 g/mol. The van der Waals surface area contributed by atoms with Gasteiger partial charge < -0.3 is 5.73 Å². The summed E-state index contributed by atoms with van der Waals surface area (Å²) in [5.74, 6) is 0. The highest BCUT2D eigenvalue weighted by Crippen LogP contribution is 2.13. The van der Waals surface area contributed by atoms with E-state index in [9.17, 15) is 0 Å². The van der Waals surface area contributed by atoms with Gasteiger partial charge in [0.1, 0.15) is 0 Å². The molecule has 4 N–H and O–H groups in total. The third-order valence-corrected chi connectivity index (χ3v) is 4.31. The molecule has 25 heavy (non-hydrogen) atoms. The molecule has 0 atom stereocenters. The highest BCUT2D eigenvalue weighted by atomic mass is 32.3. The molecule has 0 spiro atoms. The van der Waals surface area contributed by atoms with E-state index in [2.05, 4.69) is 6.92 Å². The average Bonchev–Trinajstić information content (AvgIpc) is 2.53. The van der Waals surface area contributed by atoms with E-state index in [4.69, 9.17) is 23.3 Å². The normalized spacial score (nSPS) is 11.2. The van der Waals surface area contributed by atoms with Gasteiger partial charge in [0, 0.05) is 0 Å². The lowest BCUT2D eigenvalue weighted by Gasteiger charge is -2.03. The first-order valence-corrected chi connectivity index (χ1v) is 11.7. The van der Waals surface area contributed by atoms with E-state index in [1.165, 1.54) is 109 Å². The Balaban J connectivity index is 0. The SMILES string of the molecule is CCCCCCCCCCCCCCCCCCCN.O=S(=O)(O)O. The van der Waals surface area contributed by atoms with E-state index < -0.39 is 10.4 Å². The van der Waals surface area contributed by atoms with Gasteiger partial charge in [-0.15, -0.1) is 0 Å². The summed E-state index contributed by atoms with van der Waals surface area (Å²) in [5.41, 5.74) is 5.49. The topological polar surface area (TPSA) is 101 Å². The summed E-state index contributed by atoms with van der Waals surface area (Å²) in [5, 5.41) is 0. The Morgan fingerprint density at radius 1 is 0.560 bits per heavy atom. The van der Waals surface area contributed by atoms with Crippen LogP contribution in [0.15, 0.2) is 0 Å². The molecule has 0 aliphatic carbocycles. The van der Waals surface area contributed by atoms with Crippen molar-refractivity contribution in [2.24, 2.45) is 5.73 Å². The highest BCUT2D eigenvalue weighted by Gasteiger charge is 1.94. The number of hydrogen-bond acceptors (Lipinski definition) is 3. The minimum Gasteiger partial charge on any atom is -0.330 e. The second-order valence-corrected chi connectivity index (χ2v) is 7.79. The zero-order valence-corrected chi connectivity index (χ0v) is 17.2. The summed E-state index contributed by atoms with van der Waals surface area (Å²) < 4.78 is 31.6. The predicted molar refractivity (Wildman–Crippen MR) is 107 cm³/mol. The molecule has 0 aliphatic heterocycles. The molecule has 0 unspecified atom stereocenters. The smallest absolute Gasteiger partial charge is 0.330 e. The first-order valence-electron chi connectivity index (χ1n) is 10.3. The molecule has 0 radical (unpaired) electrons. The zero-order chi connectivity index (χ0) is 19.2. The summed E-state index contributed by atoms with van der Waals surface area (Å²) in [6, 6.07) is 0. The van der Waals surface area contributed by atoms with Crippen molar-refractivity contribution in [3.63, 3.8) is 0 Å². The van der Waals surface area contributed by atoms with Crippen LogP contribution in [0.2, 0.25) is 0 Å². The monoisotopic (exact) mass is 381 g/mol. The van der Waals surface area contributed by atoms with E-state index in [0.717, 1.165) is 6.54 Å². The van der Waals surface area contributed by atoms with Gasteiger partial charge in [0.05, 0.1) is 0 Å². The van der Waals surface area contributed by atoms with Crippen LogP contribution in [0.1, 0.15) is 116 Å². The van der Waals surface area contributed by atoms with E-state index in [0.29, 0.717) is 0 Å². The fourth-order valence-corrected chi connectivity index (χ4v) is 2.87. The van der Waals surface area contributed by atoms with Crippen LogP contribution >= 0.6 is 0 Å². The van der Waals surface area contributed by atoms with Crippen LogP contribution in [0.5, 0.6) is 0 Å². The quantitative estimate of drug-likeness (QED) is 0.214. The Bertz CT molecular complexity index is 308. The molecule has 0 aliphatic rings. The van der Waals surface area contributed by atoms with Gasteiger partial charge in [-0.3, -0.25) is 9.11 Å². The van der Waals surface area contributed by atoms with Crippen LogP contribution in [0, 0.1) is 0 Å². The Labute approximate surface area is 156 Å². The summed E-state index contributed by atoms with van der Waals surface area (Å²) >= 11 is 0. The standard InChI is InChI=1S/C19H41N.H2O4S/c1-2-3-4-5-6-7-8-9-10-11-12-13-14-15-16-17-18-19-20;1-5(2,3)4/h2-20H2,1H3;(H2,1,2,3,4). The summed E-state index contributed by atoms with van der Waals surface area (Å²) in [7, 11) is -4.67. The first kappa shape index (κ1) is 27.1. The maximum Gasteiger partial charge on any atom is 0.394 e. The predicted octanol–water partition coefficient (Wildman–Crippen LogP) is 5.94. The lowest BCUT2D eigenvalue weighted by Crippen LogP contribution is -1.97. The zero-order valence-electron chi connectivity index (χ0n) is 16.4. The van der Waals surface area contributed by atoms with Gasteiger partial charge in [0.15, 0.2) is 0 Å². The van der Waals surface area contributed by atoms with E-state index in [1.54, 1.807) is 0 Å². The number of nitrogens with two attached hydrogens (primary N) is 1. The molecule has 0 aromatic rings. The van der Waals surface area contributed by atoms with Crippen LogP contribution in [-0.2, 0) is 10.4 Å². The average molecular weight is 382 g/mol. The van der Waals surface area contributed by atoms with Gasteiger partial charge in [0.2, 0.25) is 0 Å². The third-order valence-electron chi connectivity index (χ3n) is 4.31. The molecule has 0 saturated carbocycles. The highest BCUT2D eigenvalue weighted by molar-refractivity contribution is 7.79. The summed E-state index contributed by atoms with van der Waals surface area (Å²) in [4.78, 5) is 0. The lowest BCUT2D eigenvalue weighted by atomic mass is 10.0. The van der Waals surface area contributed by atoms with Crippen molar-refractivity contribution < 1.29 is 17.5 Å². The largest absolute Gasteiger partial charge is 0.394 e. The van der Waals surface area contributed by atoms with Crippen LogP contribution in [-0.4, -0.2) is 24.1 Å². The lowest BCUT2D eigenvalue weighted by molar-refractivity contribution is 0.381. The summed E-state index contributed by atoms with van der Waals surface area (Å²) in [6.07, 6.45) is 24.3. The van der Waals surface area contributed by atoms with E-state index in [1.807, 2.05) is 0 Å². The third kappa shape index (κ3) is 40.1. The van der Waals surface area contributed by atoms with E-state index >= 15 is 0 Å². The summed E-state index contributed by atoms with van der Waals surface area (Å²) in [6.45, 7) is 3.17. The Morgan fingerprint density at radius 2 is 0.760 bits per heavy atom. The molecule has 0 saturated heterocycles. The molecule has 0 bridgehead atoms. The molecule has 0 aromatic heterocycles. The minimum absolute atomic E-state index is 0.874. The van der Waals surface area contributed by atoms with Crippen molar-refractivity contribution in [2.75, 3.05) is 6.54 Å². The van der Waals surface area contributed by atoms with Crippen LogP contribution in [0.25, 0.3) is 0 Å². The number of unbranched alkanes of at least 4 members (excludes halogenated alkanes) is 16. The fraction of sp³-hybridized carbons (Fsp3) is 1.00. The molecule has 0 amide bonds. The second-order valence-electron chi connectivity index (χ2n) is 6.89.